The fraction of sp³-hybridized carbons (Fsp3) is 0.278. The largest absolute Gasteiger partial charge is 0.488 e. The Morgan fingerprint density at radius 1 is 1.12 bits per heavy atom. The highest BCUT2D eigenvalue weighted by Gasteiger charge is 2.31. The Labute approximate surface area is 164 Å². The molecule has 5 nitrogen and oxygen atoms in total. The average molecular weight is 453 g/mol. The van der Waals surface area contributed by atoms with Crippen LogP contribution >= 0.6 is 27.3 Å². The van der Waals surface area contributed by atoms with Crippen LogP contribution in [-0.2, 0) is 10.0 Å². The summed E-state index contributed by atoms with van der Waals surface area (Å²) >= 11 is 4.57. The number of ether oxygens (including phenoxy) is 1. The average Bonchev–Trinajstić information content (AvgIpc) is 3.10. The molecule has 8 heteroatoms. The highest BCUT2D eigenvalue weighted by Crippen LogP contribution is 2.31. The van der Waals surface area contributed by atoms with Gasteiger partial charge in [0.1, 0.15) is 21.6 Å². The van der Waals surface area contributed by atoms with Crippen molar-refractivity contribution in [2.24, 2.45) is 0 Å². The third-order valence-corrected chi connectivity index (χ3v) is 8.42. The Morgan fingerprint density at radius 2 is 1.88 bits per heavy atom. The molecular weight excluding hydrogens is 436 g/mol. The van der Waals surface area contributed by atoms with Gasteiger partial charge in [0.15, 0.2) is 0 Å². The first-order chi connectivity index (χ1) is 12.5. The van der Waals surface area contributed by atoms with Crippen molar-refractivity contribution in [3.8, 4) is 5.75 Å². The highest BCUT2D eigenvalue weighted by molar-refractivity contribution is 9.11. The van der Waals surface area contributed by atoms with Crippen LogP contribution in [0.15, 0.2) is 56.7 Å². The number of halogens is 1. The third-order valence-electron chi connectivity index (χ3n) is 4.43. The molecule has 1 aromatic carbocycles. The molecule has 0 atom stereocenters. The van der Waals surface area contributed by atoms with Crippen LogP contribution in [0.3, 0.4) is 0 Å². The normalized spacial score (nSPS) is 16.8. The van der Waals surface area contributed by atoms with Crippen LogP contribution < -0.4 is 4.74 Å². The molecule has 0 radical (unpaired) electrons. The maximum absolute atomic E-state index is 12.7. The Hall–Kier alpha value is -1.48. The van der Waals surface area contributed by atoms with Crippen LogP contribution in [0.2, 0.25) is 0 Å². The van der Waals surface area contributed by atoms with Crippen LogP contribution in [0.4, 0.5) is 0 Å². The van der Waals surface area contributed by atoms with Crippen molar-refractivity contribution in [3.05, 3.63) is 52.4 Å². The van der Waals surface area contributed by atoms with Gasteiger partial charge >= 0.3 is 0 Å². The Balaban J connectivity index is 1.45. The lowest BCUT2D eigenvalue weighted by Crippen LogP contribution is -2.41. The van der Waals surface area contributed by atoms with E-state index in [0.29, 0.717) is 30.1 Å². The number of nitrogens with zero attached hydrogens (tertiary/aromatic N) is 2. The lowest BCUT2D eigenvalue weighted by molar-refractivity contribution is 0.136. The molecule has 26 heavy (non-hydrogen) atoms. The first-order valence-corrected chi connectivity index (χ1v) is 11.3. The van der Waals surface area contributed by atoms with E-state index in [1.807, 2.05) is 30.3 Å². The number of hydrogen-bond acceptors (Lipinski definition) is 5. The summed E-state index contributed by atoms with van der Waals surface area (Å²) in [5.41, 5.74) is 0.841. The summed E-state index contributed by atoms with van der Waals surface area (Å²) < 4.78 is 34.3. The van der Waals surface area contributed by atoms with Gasteiger partial charge in [-0.25, -0.2) is 8.42 Å². The molecule has 0 saturated carbocycles. The van der Waals surface area contributed by atoms with Crippen LogP contribution in [0, 0.1) is 0 Å². The van der Waals surface area contributed by atoms with Crippen molar-refractivity contribution < 1.29 is 13.2 Å². The molecule has 1 aliphatic rings. The highest BCUT2D eigenvalue weighted by atomic mass is 79.9. The minimum Gasteiger partial charge on any atom is -0.488 e. The summed E-state index contributed by atoms with van der Waals surface area (Å²) in [5.74, 6) is 0.756. The molecule has 0 aliphatic carbocycles. The number of piperidine rings is 1. The number of rotatable bonds is 4. The molecule has 136 valence electrons. The second kappa shape index (κ2) is 7.26. The first kappa shape index (κ1) is 17.9. The fourth-order valence-electron chi connectivity index (χ4n) is 3.10. The summed E-state index contributed by atoms with van der Waals surface area (Å²) in [4.78, 5) is 4.41. The van der Waals surface area contributed by atoms with Gasteiger partial charge in [-0.15, -0.1) is 11.3 Å². The number of aromatic nitrogens is 1. The lowest BCUT2D eigenvalue weighted by atomic mass is 10.1. The standard InChI is InChI=1S/C18H17BrN2O3S2/c19-16-6-7-17(25-16)26(22,23)21-11-8-14(9-12-21)24-15-5-1-3-13-4-2-10-20-18(13)15/h1-7,10,14H,8-9,11-12H2. The van der Waals surface area contributed by atoms with Gasteiger partial charge in [0.05, 0.1) is 3.79 Å². The SMILES string of the molecule is O=S(=O)(c1ccc(Br)s1)N1CCC(Oc2cccc3cccnc23)CC1. The number of sulfonamides is 1. The van der Waals surface area contributed by atoms with Gasteiger partial charge in [0.2, 0.25) is 0 Å². The van der Waals surface area contributed by atoms with Gasteiger partial charge in [-0.2, -0.15) is 4.31 Å². The molecule has 1 fully saturated rings. The molecule has 0 bridgehead atoms. The molecule has 0 unspecified atom stereocenters. The van der Waals surface area contributed by atoms with E-state index in [0.717, 1.165) is 20.4 Å². The van der Waals surface area contributed by atoms with Crippen molar-refractivity contribution in [2.45, 2.75) is 23.2 Å². The third kappa shape index (κ3) is 3.51. The van der Waals surface area contributed by atoms with E-state index in [9.17, 15) is 8.42 Å². The molecule has 1 aliphatic heterocycles. The van der Waals surface area contributed by atoms with Crippen molar-refractivity contribution in [1.29, 1.82) is 0 Å². The van der Waals surface area contributed by atoms with E-state index in [1.54, 1.807) is 22.6 Å². The number of para-hydroxylation sites is 1. The topological polar surface area (TPSA) is 59.5 Å². The van der Waals surface area contributed by atoms with Gasteiger partial charge in [-0.3, -0.25) is 4.98 Å². The van der Waals surface area contributed by atoms with Gasteiger partial charge in [-0.1, -0.05) is 18.2 Å². The predicted molar refractivity (Wildman–Crippen MR) is 106 cm³/mol. The molecule has 0 spiro atoms. The minimum atomic E-state index is -3.42. The molecule has 0 N–H and O–H groups in total. The minimum absolute atomic E-state index is 0.0101. The molecule has 3 heterocycles. The smallest absolute Gasteiger partial charge is 0.252 e. The van der Waals surface area contributed by atoms with Crippen LogP contribution in [0.25, 0.3) is 10.9 Å². The summed E-state index contributed by atoms with van der Waals surface area (Å²) in [5, 5.41) is 1.04. The van der Waals surface area contributed by atoms with E-state index >= 15 is 0 Å². The zero-order chi connectivity index (χ0) is 18.1. The van der Waals surface area contributed by atoms with Crippen molar-refractivity contribution in [3.63, 3.8) is 0 Å². The zero-order valence-electron chi connectivity index (χ0n) is 13.8. The van der Waals surface area contributed by atoms with Gasteiger partial charge < -0.3 is 4.74 Å². The Morgan fingerprint density at radius 3 is 2.62 bits per heavy atom. The zero-order valence-corrected chi connectivity index (χ0v) is 17.1. The van der Waals surface area contributed by atoms with E-state index in [4.69, 9.17) is 4.74 Å². The molecule has 0 amide bonds. The second-order valence-electron chi connectivity index (χ2n) is 6.11. The lowest BCUT2D eigenvalue weighted by Gasteiger charge is -2.31. The molecule has 4 rings (SSSR count). The summed E-state index contributed by atoms with van der Waals surface area (Å²) in [6.07, 6.45) is 3.07. The second-order valence-corrected chi connectivity index (χ2v) is 10.7. The Bertz CT molecular complexity index is 1020. The van der Waals surface area contributed by atoms with E-state index in [2.05, 4.69) is 20.9 Å². The monoisotopic (exact) mass is 452 g/mol. The summed E-state index contributed by atoms with van der Waals surface area (Å²) in [7, 11) is -3.42. The van der Waals surface area contributed by atoms with E-state index in [-0.39, 0.29) is 6.10 Å². The quantitative estimate of drug-likeness (QED) is 0.592. The number of thiophene rings is 1. The van der Waals surface area contributed by atoms with Gasteiger partial charge in [-0.05, 0) is 53.0 Å². The first-order valence-electron chi connectivity index (χ1n) is 8.30. The summed E-state index contributed by atoms with van der Waals surface area (Å²) in [6, 6.07) is 13.2. The molecular formula is C18H17BrN2O3S2. The van der Waals surface area contributed by atoms with Crippen LogP contribution in [-0.4, -0.2) is 36.9 Å². The molecule has 3 aromatic rings. The molecule has 1 saturated heterocycles. The molecule has 2 aromatic heterocycles. The van der Waals surface area contributed by atoms with Crippen molar-refractivity contribution >= 4 is 48.2 Å². The van der Waals surface area contributed by atoms with Crippen molar-refractivity contribution in [1.82, 2.24) is 9.29 Å². The van der Waals surface area contributed by atoms with Gasteiger partial charge in [0, 0.05) is 24.7 Å². The number of pyridine rings is 1. The van der Waals surface area contributed by atoms with Crippen LogP contribution in [0.5, 0.6) is 5.75 Å². The van der Waals surface area contributed by atoms with Gasteiger partial charge in [0.25, 0.3) is 10.0 Å². The number of fused-ring (bicyclic) bond motifs is 1. The fourth-order valence-corrected chi connectivity index (χ4v) is 6.74. The Kier molecular flexibility index (Phi) is 5.00. The van der Waals surface area contributed by atoms with Crippen molar-refractivity contribution in [2.75, 3.05) is 13.1 Å². The van der Waals surface area contributed by atoms with Crippen LogP contribution in [0.1, 0.15) is 12.8 Å². The van der Waals surface area contributed by atoms with E-state index < -0.39 is 10.0 Å². The van der Waals surface area contributed by atoms with E-state index in [1.165, 1.54) is 11.3 Å². The maximum atomic E-state index is 12.7. The number of benzene rings is 1. The summed E-state index contributed by atoms with van der Waals surface area (Å²) in [6.45, 7) is 0.918. The number of hydrogen-bond donors (Lipinski definition) is 0. The predicted octanol–water partition coefficient (Wildman–Crippen LogP) is 4.29. The maximum Gasteiger partial charge on any atom is 0.252 e.